The Labute approximate surface area is 90.9 Å². The van der Waals surface area contributed by atoms with Crippen LogP contribution in [0.1, 0.15) is 18.5 Å². The van der Waals surface area contributed by atoms with Crippen molar-refractivity contribution in [1.29, 1.82) is 0 Å². The molecule has 15 heavy (non-hydrogen) atoms. The SMILES string of the molecule is c1ccc(COCC2CCNCC2)nc1. The van der Waals surface area contributed by atoms with Crippen molar-refractivity contribution in [3.8, 4) is 0 Å². The number of piperidine rings is 1. The minimum Gasteiger partial charge on any atom is -0.375 e. The molecule has 0 aromatic carbocycles. The third-order valence-corrected chi connectivity index (χ3v) is 2.79. The van der Waals surface area contributed by atoms with Gasteiger partial charge in [0, 0.05) is 6.20 Å². The molecule has 0 unspecified atom stereocenters. The van der Waals surface area contributed by atoms with Crippen LogP contribution in [0.25, 0.3) is 0 Å². The summed E-state index contributed by atoms with van der Waals surface area (Å²) in [5.41, 5.74) is 1.02. The highest BCUT2D eigenvalue weighted by Crippen LogP contribution is 2.12. The topological polar surface area (TPSA) is 34.1 Å². The first-order valence-electron chi connectivity index (χ1n) is 5.63. The number of pyridine rings is 1. The average Bonchev–Trinajstić information content (AvgIpc) is 2.32. The monoisotopic (exact) mass is 206 g/mol. The molecule has 1 N–H and O–H groups in total. The Morgan fingerprint density at radius 3 is 2.93 bits per heavy atom. The van der Waals surface area contributed by atoms with Gasteiger partial charge in [-0.2, -0.15) is 0 Å². The summed E-state index contributed by atoms with van der Waals surface area (Å²) in [6.45, 7) is 3.79. The van der Waals surface area contributed by atoms with Crippen molar-refractivity contribution in [1.82, 2.24) is 10.3 Å². The van der Waals surface area contributed by atoms with E-state index in [9.17, 15) is 0 Å². The van der Waals surface area contributed by atoms with Crippen LogP contribution in [0, 0.1) is 5.92 Å². The van der Waals surface area contributed by atoms with Crippen LogP contribution in [0.3, 0.4) is 0 Å². The van der Waals surface area contributed by atoms with E-state index in [2.05, 4.69) is 10.3 Å². The number of hydrogen-bond donors (Lipinski definition) is 1. The summed E-state index contributed by atoms with van der Waals surface area (Å²) in [6, 6.07) is 5.93. The van der Waals surface area contributed by atoms with Gasteiger partial charge in [0.2, 0.25) is 0 Å². The number of ether oxygens (including phenoxy) is 1. The molecule has 82 valence electrons. The maximum absolute atomic E-state index is 5.67. The van der Waals surface area contributed by atoms with Crippen molar-refractivity contribution >= 4 is 0 Å². The molecule has 1 aliphatic heterocycles. The van der Waals surface area contributed by atoms with Crippen molar-refractivity contribution in [2.75, 3.05) is 19.7 Å². The van der Waals surface area contributed by atoms with Crippen LogP contribution in [0.2, 0.25) is 0 Å². The van der Waals surface area contributed by atoms with E-state index in [1.807, 2.05) is 24.4 Å². The summed E-state index contributed by atoms with van der Waals surface area (Å²) >= 11 is 0. The second kappa shape index (κ2) is 5.83. The summed E-state index contributed by atoms with van der Waals surface area (Å²) in [6.07, 6.45) is 4.29. The molecule has 0 spiro atoms. The lowest BCUT2D eigenvalue weighted by atomic mass is 9.99. The lowest BCUT2D eigenvalue weighted by Crippen LogP contribution is -2.29. The molecule has 0 saturated carbocycles. The number of aromatic nitrogens is 1. The molecule has 1 aromatic heterocycles. The zero-order valence-electron chi connectivity index (χ0n) is 8.98. The van der Waals surface area contributed by atoms with Gasteiger partial charge < -0.3 is 10.1 Å². The lowest BCUT2D eigenvalue weighted by Gasteiger charge is -2.22. The first-order chi connectivity index (χ1) is 7.45. The van der Waals surface area contributed by atoms with Crippen LogP contribution in [-0.4, -0.2) is 24.7 Å². The molecule has 0 atom stereocenters. The van der Waals surface area contributed by atoms with Gasteiger partial charge in [0.1, 0.15) is 0 Å². The fraction of sp³-hybridized carbons (Fsp3) is 0.583. The first-order valence-corrected chi connectivity index (χ1v) is 5.63. The molecule has 0 amide bonds. The fourth-order valence-electron chi connectivity index (χ4n) is 1.86. The summed E-state index contributed by atoms with van der Waals surface area (Å²) in [5, 5.41) is 3.35. The molecule has 0 radical (unpaired) electrons. The summed E-state index contributed by atoms with van der Waals surface area (Å²) < 4.78 is 5.67. The molecular formula is C12H18N2O. The minimum atomic E-state index is 0.644. The molecule has 0 aliphatic carbocycles. The Balaban J connectivity index is 1.66. The van der Waals surface area contributed by atoms with Gasteiger partial charge >= 0.3 is 0 Å². The highest BCUT2D eigenvalue weighted by atomic mass is 16.5. The normalized spacial score (nSPS) is 17.9. The zero-order chi connectivity index (χ0) is 10.3. The van der Waals surface area contributed by atoms with Gasteiger partial charge in [0.25, 0.3) is 0 Å². The number of nitrogens with zero attached hydrogens (tertiary/aromatic N) is 1. The number of rotatable bonds is 4. The fourth-order valence-corrected chi connectivity index (χ4v) is 1.86. The van der Waals surface area contributed by atoms with E-state index >= 15 is 0 Å². The molecule has 1 aliphatic rings. The molecule has 3 heteroatoms. The minimum absolute atomic E-state index is 0.644. The highest BCUT2D eigenvalue weighted by molar-refractivity contribution is 5.01. The van der Waals surface area contributed by atoms with E-state index in [1.165, 1.54) is 12.8 Å². The average molecular weight is 206 g/mol. The zero-order valence-corrected chi connectivity index (χ0v) is 8.98. The van der Waals surface area contributed by atoms with Crippen LogP contribution in [0.5, 0.6) is 0 Å². The van der Waals surface area contributed by atoms with E-state index in [1.54, 1.807) is 0 Å². The standard InChI is InChI=1S/C12H18N2O/c1-2-6-14-12(3-1)10-15-9-11-4-7-13-8-5-11/h1-3,6,11,13H,4-5,7-10H2. The maximum atomic E-state index is 5.67. The van der Waals surface area contributed by atoms with Gasteiger partial charge in [-0.05, 0) is 44.0 Å². The largest absolute Gasteiger partial charge is 0.375 e. The Hall–Kier alpha value is -0.930. The lowest BCUT2D eigenvalue weighted by molar-refractivity contribution is 0.0744. The molecule has 1 saturated heterocycles. The van der Waals surface area contributed by atoms with Crippen LogP contribution >= 0.6 is 0 Å². The summed E-state index contributed by atoms with van der Waals surface area (Å²) in [5.74, 6) is 0.731. The third kappa shape index (κ3) is 3.61. The second-order valence-electron chi connectivity index (χ2n) is 4.03. The summed E-state index contributed by atoms with van der Waals surface area (Å²) in [7, 11) is 0. The Bertz CT molecular complexity index is 270. The quantitative estimate of drug-likeness (QED) is 0.812. The van der Waals surface area contributed by atoms with Gasteiger partial charge in [0.15, 0.2) is 0 Å². The highest BCUT2D eigenvalue weighted by Gasteiger charge is 2.12. The Morgan fingerprint density at radius 2 is 2.20 bits per heavy atom. The third-order valence-electron chi connectivity index (χ3n) is 2.79. The van der Waals surface area contributed by atoms with E-state index < -0.39 is 0 Å². The van der Waals surface area contributed by atoms with Crippen LogP contribution in [0.4, 0.5) is 0 Å². The molecule has 2 rings (SSSR count). The van der Waals surface area contributed by atoms with Gasteiger partial charge in [-0.1, -0.05) is 6.07 Å². The summed E-state index contributed by atoms with van der Waals surface area (Å²) in [4.78, 5) is 4.22. The van der Waals surface area contributed by atoms with E-state index in [4.69, 9.17) is 4.74 Å². The number of hydrogen-bond acceptors (Lipinski definition) is 3. The van der Waals surface area contributed by atoms with Gasteiger partial charge in [-0.15, -0.1) is 0 Å². The molecule has 1 aromatic rings. The van der Waals surface area contributed by atoms with Crippen LogP contribution in [-0.2, 0) is 11.3 Å². The van der Waals surface area contributed by atoms with E-state index in [0.717, 1.165) is 31.3 Å². The van der Waals surface area contributed by atoms with Gasteiger partial charge in [0.05, 0.1) is 18.9 Å². The van der Waals surface area contributed by atoms with E-state index in [-0.39, 0.29) is 0 Å². The van der Waals surface area contributed by atoms with E-state index in [0.29, 0.717) is 6.61 Å². The van der Waals surface area contributed by atoms with Crippen molar-refractivity contribution in [2.24, 2.45) is 5.92 Å². The molecular weight excluding hydrogens is 188 g/mol. The predicted octanol–water partition coefficient (Wildman–Crippen LogP) is 1.60. The smallest absolute Gasteiger partial charge is 0.0887 e. The van der Waals surface area contributed by atoms with Crippen LogP contribution in [0.15, 0.2) is 24.4 Å². The maximum Gasteiger partial charge on any atom is 0.0887 e. The Morgan fingerprint density at radius 1 is 1.33 bits per heavy atom. The molecule has 1 fully saturated rings. The van der Waals surface area contributed by atoms with Crippen molar-refractivity contribution in [2.45, 2.75) is 19.4 Å². The van der Waals surface area contributed by atoms with Crippen molar-refractivity contribution in [3.63, 3.8) is 0 Å². The second-order valence-corrected chi connectivity index (χ2v) is 4.03. The predicted molar refractivity (Wildman–Crippen MR) is 59.5 cm³/mol. The van der Waals surface area contributed by atoms with Crippen LogP contribution < -0.4 is 5.32 Å². The molecule has 2 heterocycles. The van der Waals surface area contributed by atoms with Crippen molar-refractivity contribution in [3.05, 3.63) is 30.1 Å². The molecule has 0 bridgehead atoms. The number of nitrogens with one attached hydrogen (secondary N) is 1. The first kappa shape index (κ1) is 10.6. The molecule has 3 nitrogen and oxygen atoms in total. The van der Waals surface area contributed by atoms with Crippen molar-refractivity contribution < 1.29 is 4.74 Å². The van der Waals surface area contributed by atoms with Gasteiger partial charge in [-0.3, -0.25) is 4.98 Å². The Kier molecular flexibility index (Phi) is 4.11. The van der Waals surface area contributed by atoms with Gasteiger partial charge in [-0.25, -0.2) is 0 Å².